The van der Waals surface area contributed by atoms with Crippen LogP contribution in [0.2, 0.25) is 0 Å². The summed E-state index contributed by atoms with van der Waals surface area (Å²) in [6, 6.07) is 10.0. The first kappa shape index (κ1) is 10.8. The van der Waals surface area contributed by atoms with Crippen LogP contribution in [0.4, 0.5) is 0 Å². The Labute approximate surface area is 95.1 Å². The number of hydrogen-bond donors (Lipinski definition) is 1. The van der Waals surface area contributed by atoms with Gasteiger partial charge in [-0.05, 0) is 32.0 Å². The standard InChI is InChI=1S/C12H16N4/c1-10-14-12(8-5-9-13)15-16(10)11-6-3-2-4-7-11/h2-4,6-7H,5,8-9,13H2,1H3. The second-order valence-corrected chi connectivity index (χ2v) is 3.71. The molecule has 0 radical (unpaired) electrons. The highest BCUT2D eigenvalue weighted by atomic mass is 15.3. The molecule has 1 aromatic carbocycles. The van der Waals surface area contributed by atoms with Crippen molar-refractivity contribution in [2.24, 2.45) is 5.73 Å². The molecule has 84 valence electrons. The zero-order chi connectivity index (χ0) is 11.4. The van der Waals surface area contributed by atoms with E-state index in [2.05, 4.69) is 10.1 Å². The topological polar surface area (TPSA) is 56.7 Å². The Balaban J connectivity index is 2.25. The Hall–Kier alpha value is -1.68. The average molecular weight is 216 g/mol. The van der Waals surface area contributed by atoms with E-state index < -0.39 is 0 Å². The van der Waals surface area contributed by atoms with Crippen LogP contribution in [0.1, 0.15) is 18.1 Å². The first-order valence-corrected chi connectivity index (χ1v) is 5.49. The SMILES string of the molecule is Cc1nc(CCCN)nn1-c1ccccc1. The third kappa shape index (κ3) is 2.28. The van der Waals surface area contributed by atoms with E-state index in [-0.39, 0.29) is 0 Å². The minimum atomic E-state index is 0.679. The molecular weight excluding hydrogens is 200 g/mol. The van der Waals surface area contributed by atoms with Crippen LogP contribution in [0.15, 0.2) is 30.3 Å². The van der Waals surface area contributed by atoms with Crippen molar-refractivity contribution < 1.29 is 0 Å². The fourth-order valence-corrected chi connectivity index (χ4v) is 1.62. The van der Waals surface area contributed by atoms with E-state index in [0.29, 0.717) is 6.54 Å². The quantitative estimate of drug-likeness (QED) is 0.842. The van der Waals surface area contributed by atoms with Crippen molar-refractivity contribution in [2.75, 3.05) is 6.54 Å². The second kappa shape index (κ2) is 4.90. The molecule has 4 heteroatoms. The Morgan fingerprint density at radius 3 is 2.69 bits per heavy atom. The first-order chi connectivity index (χ1) is 7.81. The molecular formula is C12H16N4. The summed E-state index contributed by atoms with van der Waals surface area (Å²) in [6.07, 6.45) is 1.77. The predicted octanol–water partition coefficient (Wildman–Crippen LogP) is 1.47. The summed E-state index contributed by atoms with van der Waals surface area (Å²) in [7, 11) is 0. The molecule has 1 aromatic heterocycles. The van der Waals surface area contributed by atoms with Crippen molar-refractivity contribution in [1.29, 1.82) is 0 Å². The fourth-order valence-electron chi connectivity index (χ4n) is 1.62. The van der Waals surface area contributed by atoms with Gasteiger partial charge in [-0.1, -0.05) is 18.2 Å². The van der Waals surface area contributed by atoms with Crippen molar-refractivity contribution in [1.82, 2.24) is 14.8 Å². The molecule has 2 aromatic rings. The molecule has 0 amide bonds. The minimum absolute atomic E-state index is 0.679. The van der Waals surface area contributed by atoms with Crippen molar-refractivity contribution in [3.8, 4) is 5.69 Å². The van der Waals surface area contributed by atoms with Gasteiger partial charge in [-0.3, -0.25) is 0 Å². The van der Waals surface area contributed by atoms with Gasteiger partial charge in [-0.25, -0.2) is 9.67 Å². The number of hydrogen-bond acceptors (Lipinski definition) is 3. The summed E-state index contributed by atoms with van der Waals surface area (Å²) in [5.41, 5.74) is 6.52. The highest BCUT2D eigenvalue weighted by Crippen LogP contribution is 2.09. The molecule has 0 fully saturated rings. The number of benzene rings is 1. The molecule has 0 saturated carbocycles. The first-order valence-electron chi connectivity index (χ1n) is 5.49. The number of nitrogens with two attached hydrogens (primary N) is 1. The molecule has 0 aliphatic rings. The summed E-state index contributed by atoms with van der Waals surface area (Å²) < 4.78 is 1.87. The summed E-state index contributed by atoms with van der Waals surface area (Å²) in [4.78, 5) is 4.42. The normalized spacial score (nSPS) is 10.6. The zero-order valence-electron chi connectivity index (χ0n) is 9.43. The second-order valence-electron chi connectivity index (χ2n) is 3.71. The number of aromatic nitrogens is 3. The molecule has 0 spiro atoms. The molecule has 1 heterocycles. The van der Waals surface area contributed by atoms with E-state index in [9.17, 15) is 0 Å². The molecule has 0 bridgehead atoms. The maximum atomic E-state index is 5.47. The average Bonchev–Trinajstić information content (AvgIpc) is 2.69. The Kier molecular flexibility index (Phi) is 3.31. The number of nitrogens with zero attached hydrogens (tertiary/aromatic N) is 3. The summed E-state index contributed by atoms with van der Waals surface area (Å²) in [5, 5.41) is 4.47. The number of rotatable bonds is 4. The van der Waals surface area contributed by atoms with Gasteiger partial charge in [0.2, 0.25) is 0 Å². The highest BCUT2D eigenvalue weighted by molar-refractivity contribution is 5.30. The summed E-state index contributed by atoms with van der Waals surface area (Å²) in [6.45, 7) is 2.64. The Morgan fingerprint density at radius 1 is 1.25 bits per heavy atom. The van der Waals surface area contributed by atoms with E-state index in [1.807, 2.05) is 41.9 Å². The number of para-hydroxylation sites is 1. The maximum Gasteiger partial charge on any atom is 0.151 e. The molecule has 2 rings (SSSR count). The molecule has 0 saturated heterocycles. The molecule has 0 atom stereocenters. The number of aryl methyl sites for hydroxylation is 2. The lowest BCUT2D eigenvalue weighted by molar-refractivity contribution is 0.762. The van der Waals surface area contributed by atoms with Crippen LogP contribution in [0, 0.1) is 6.92 Å². The van der Waals surface area contributed by atoms with Crippen LogP contribution in [-0.4, -0.2) is 21.3 Å². The van der Waals surface area contributed by atoms with Crippen LogP contribution < -0.4 is 5.73 Å². The van der Waals surface area contributed by atoms with Crippen molar-refractivity contribution in [2.45, 2.75) is 19.8 Å². The van der Waals surface area contributed by atoms with Crippen LogP contribution in [0.3, 0.4) is 0 Å². The molecule has 0 unspecified atom stereocenters. The van der Waals surface area contributed by atoms with Gasteiger partial charge in [-0.15, -0.1) is 0 Å². The van der Waals surface area contributed by atoms with E-state index in [1.165, 1.54) is 0 Å². The Bertz CT molecular complexity index is 447. The summed E-state index contributed by atoms with van der Waals surface area (Å²) >= 11 is 0. The van der Waals surface area contributed by atoms with Gasteiger partial charge < -0.3 is 5.73 Å². The monoisotopic (exact) mass is 216 g/mol. The predicted molar refractivity (Wildman–Crippen MR) is 63.5 cm³/mol. The fraction of sp³-hybridized carbons (Fsp3) is 0.333. The van der Waals surface area contributed by atoms with E-state index in [1.54, 1.807) is 0 Å². The third-order valence-electron chi connectivity index (χ3n) is 2.42. The van der Waals surface area contributed by atoms with Crippen LogP contribution in [0.25, 0.3) is 5.69 Å². The third-order valence-corrected chi connectivity index (χ3v) is 2.42. The highest BCUT2D eigenvalue weighted by Gasteiger charge is 2.06. The van der Waals surface area contributed by atoms with Crippen LogP contribution in [0.5, 0.6) is 0 Å². The van der Waals surface area contributed by atoms with Gasteiger partial charge in [0.15, 0.2) is 5.82 Å². The lowest BCUT2D eigenvalue weighted by Crippen LogP contribution is -2.02. The largest absolute Gasteiger partial charge is 0.330 e. The molecule has 0 aliphatic heterocycles. The van der Waals surface area contributed by atoms with E-state index in [4.69, 9.17) is 5.73 Å². The van der Waals surface area contributed by atoms with Crippen LogP contribution in [-0.2, 0) is 6.42 Å². The Morgan fingerprint density at radius 2 is 2.00 bits per heavy atom. The molecule has 0 aliphatic carbocycles. The van der Waals surface area contributed by atoms with E-state index >= 15 is 0 Å². The van der Waals surface area contributed by atoms with Gasteiger partial charge in [-0.2, -0.15) is 5.10 Å². The molecule has 4 nitrogen and oxygen atoms in total. The van der Waals surface area contributed by atoms with Crippen molar-refractivity contribution >= 4 is 0 Å². The van der Waals surface area contributed by atoms with Crippen LogP contribution >= 0.6 is 0 Å². The lowest BCUT2D eigenvalue weighted by Gasteiger charge is -2.00. The van der Waals surface area contributed by atoms with E-state index in [0.717, 1.165) is 30.2 Å². The smallest absolute Gasteiger partial charge is 0.151 e. The van der Waals surface area contributed by atoms with Gasteiger partial charge in [0, 0.05) is 6.42 Å². The van der Waals surface area contributed by atoms with Crippen molar-refractivity contribution in [3.63, 3.8) is 0 Å². The van der Waals surface area contributed by atoms with Gasteiger partial charge in [0.25, 0.3) is 0 Å². The molecule has 2 N–H and O–H groups in total. The zero-order valence-corrected chi connectivity index (χ0v) is 9.43. The summed E-state index contributed by atoms with van der Waals surface area (Å²) in [5.74, 6) is 1.78. The maximum absolute atomic E-state index is 5.47. The van der Waals surface area contributed by atoms with Gasteiger partial charge >= 0.3 is 0 Å². The van der Waals surface area contributed by atoms with Crippen molar-refractivity contribution in [3.05, 3.63) is 42.0 Å². The lowest BCUT2D eigenvalue weighted by atomic mass is 10.3. The van der Waals surface area contributed by atoms with Gasteiger partial charge in [0.05, 0.1) is 5.69 Å². The molecule has 16 heavy (non-hydrogen) atoms. The minimum Gasteiger partial charge on any atom is -0.330 e. The van der Waals surface area contributed by atoms with Gasteiger partial charge in [0.1, 0.15) is 5.82 Å².